The molecule has 0 aromatic heterocycles. The highest BCUT2D eigenvalue weighted by atomic mass is 15.1. The Morgan fingerprint density at radius 2 is 2.11 bits per heavy atom. The average molecular weight is 260 g/mol. The largest absolute Gasteiger partial charge is 0.374 e. The SMILES string of the molecule is CCC1CCC(N)C(CN(C)c2cccc(C)c2)C1. The fourth-order valence-electron chi connectivity index (χ4n) is 3.29. The van der Waals surface area contributed by atoms with Gasteiger partial charge in [0.2, 0.25) is 0 Å². The van der Waals surface area contributed by atoms with Gasteiger partial charge in [0.05, 0.1) is 0 Å². The molecule has 1 aliphatic carbocycles. The summed E-state index contributed by atoms with van der Waals surface area (Å²) in [5, 5.41) is 0. The second kappa shape index (κ2) is 6.42. The molecule has 0 spiro atoms. The van der Waals surface area contributed by atoms with Gasteiger partial charge in [-0.15, -0.1) is 0 Å². The minimum Gasteiger partial charge on any atom is -0.374 e. The molecule has 2 heteroatoms. The first kappa shape index (κ1) is 14.4. The molecule has 0 bridgehead atoms. The van der Waals surface area contributed by atoms with Crippen LogP contribution in [0.5, 0.6) is 0 Å². The monoisotopic (exact) mass is 260 g/mol. The topological polar surface area (TPSA) is 29.3 Å². The maximum Gasteiger partial charge on any atom is 0.0366 e. The molecule has 0 heterocycles. The molecule has 3 unspecified atom stereocenters. The van der Waals surface area contributed by atoms with Gasteiger partial charge in [-0.25, -0.2) is 0 Å². The molecule has 0 saturated heterocycles. The number of rotatable bonds is 4. The number of anilines is 1. The van der Waals surface area contributed by atoms with Gasteiger partial charge in [0.25, 0.3) is 0 Å². The Morgan fingerprint density at radius 3 is 2.79 bits per heavy atom. The Labute approximate surface area is 118 Å². The molecular formula is C17H28N2. The van der Waals surface area contributed by atoms with Crippen LogP contribution < -0.4 is 10.6 Å². The van der Waals surface area contributed by atoms with Crippen LogP contribution in [0.1, 0.15) is 38.2 Å². The summed E-state index contributed by atoms with van der Waals surface area (Å²) in [7, 11) is 2.19. The van der Waals surface area contributed by atoms with Crippen molar-refractivity contribution >= 4 is 5.69 Å². The fraction of sp³-hybridized carbons (Fsp3) is 0.647. The van der Waals surface area contributed by atoms with E-state index in [-0.39, 0.29) is 0 Å². The first-order chi connectivity index (χ1) is 9.10. The van der Waals surface area contributed by atoms with Crippen LogP contribution in [0.4, 0.5) is 5.69 Å². The smallest absolute Gasteiger partial charge is 0.0366 e. The molecule has 0 amide bonds. The summed E-state index contributed by atoms with van der Waals surface area (Å²) in [5.41, 5.74) is 8.96. The summed E-state index contributed by atoms with van der Waals surface area (Å²) in [6.45, 7) is 5.54. The minimum absolute atomic E-state index is 0.384. The highest BCUT2D eigenvalue weighted by molar-refractivity contribution is 5.47. The van der Waals surface area contributed by atoms with Crippen LogP contribution in [0.2, 0.25) is 0 Å². The molecule has 0 radical (unpaired) electrons. The molecule has 1 aromatic rings. The van der Waals surface area contributed by atoms with Gasteiger partial charge in [0.15, 0.2) is 0 Å². The summed E-state index contributed by atoms with van der Waals surface area (Å²) in [4.78, 5) is 2.37. The Hall–Kier alpha value is -1.02. The van der Waals surface area contributed by atoms with Crippen molar-refractivity contribution in [3.8, 4) is 0 Å². The summed E-state index contributed by atoms with van der Waals surface area (Å²) < 4.78 is 0. The molecule has 2 nitrogen and oxygen atoms in total. The zero-order valence-electron chi connectivity index (χ0n) is 12.6. The third kappa shape index (κ3) is 3.73. The van der Waals surface area contributed by atoms with E-state index in [9.17, 15) is 0 Å². The minimum atomic E-state index is 0.384. The Bertz CT molecular complexity index is 402. The second-order valence-electron chi connectivity index (χ2n) is 6.23. The predicted molar refractivity (Wildman–Crippen MR) is 83.5 cm³/mol. The van der Waals surface area contributed by atoms with Gasteiger partial charge in [0, 0.05) is 25.3 Å². The van der Waals surface area contributed by atoms with E-state index in [1.54, 1.807) is 0 Å². The van der Waals surface area contributed by atoms with Gasteiger partial charge < -0.3 is 10.6 Å². The van der Waals surface area contributed by atoms with Crippen LogP contribution in [-0.4, -0.2) is 19.6 Å². The van der Waals surface area contributed by atoms with E-state index in [2.05, 4.69) is 50.1 Å². The molecule has 1 saturated carbocycles. The van der Waals surface area contributed by atoms with Crippen molar-refractivity contribution in [3.63, 3.8) is 0 Å². The van der Waals surface area contributed by atoms with Crippen molar-refractivity contribution in [2.24, 2.45) is 17.6 Å². The molecule has 3 atom stereocenters. The molecule has 1 aliphatic rings. The zero-order chi connectivity index (χ0) is 13.8. The van der Waals surface area contributed by atoms with E-state index < -0.39 is 0 Å². The van der Waals surface area contributed by atoms with Crippen molar-refractivity contribution in [1.82, 2.24) is 0 Å². The van der Waals surface area contributed by atoms with Gasteiger partial charge in [-0.2, -0.15) is 0 Å². The molecule has 106 valence electrons. The lowest BCUT2D eigenvalue weighted by Gasteiger charge is -2.36. The Morgan fingerprint density at radius 1 is 1.32 bits per heavy atom. The molecule has 1 fully saturated rings. The van der Waals surface area contributed by atoms with E-state index >= 15 is 0 Å². The molecular weight excluding hydrogens is 232 g/mol. The molecule has 1 aromatic carbocycles. The maximum atomic E-state index is 6.33. The zero-order valence-corrected chi connectivity index (χ0v) is 12.6. The molecule has 0 aliphatic heterocycles. The predicted octanol–water partition coefficient (Wildman–Crippen LogP) is 3.58. The van der Waals surface area contributed by atoms with Crippen molar-refractivity contribution in [2.45, 2.75) is 45.6 Å². The maximum absolute atomic E-state index is 6.33. The number of hydrogen-bond acceptors (Lipinski definition) is 2. The molecule has 19 heavy (non-hydrogen) atoms. The summed E-state index contributed by atoms with van der Waals surface area (Å²) >= 11 is 0. The van der Waals surface area contributed by atoms with Crippen LogP contribution in [0.15, 0.2) is 24.3 Å². The van der Waals surface area contributed by atoms with Crippen LogP contribution in [-0.2, 0) is 0 Å². The van der Waals surface area contributed by atoms with Crippen molar-refractivity contribution in [2.75, 3.05) is 18.5 Å². The highest BCUT2D eigenvalue weighted by Crippen LogP contribution is 2.31. The normalized spacial score (nSPS) is 27.3. The van der Waals surface area contributed by atoms with Gasteiger partial charge in [-0.3, -0.25) is 0 Å². The first-order valence-corrected chi connectivity index (χ1v) is 7.63. The average Bonchev–Trinajstić information content (AvgIpc) is 2.41. The summed E-state index contributed by atoms with van der Waals surface area (Å²) in [6, 6.07) is 9.12. The second-order valence-corrected chi connectivity index (χ2v) is 6.23. The lowest BCUT2D eigenvalue weighted by Crippen LogP contribution is -2.42. The van der Waals surface area contributed by atoms with E-state index in [0.717, 1.165) is 12.5 Å². The third-order valence-corrected chi connectivity index (χ3v) is 4.68. The van der Waals surface area contributed by atoms with Gasteiger partial charge in [-0.1, -0.05) is 25.5 Å². The fourth-order valence-corrected chi connectivity index (χ4v) is 3.29. The number of nitrogens with zero attached hydrogens (tertiary/aromatic N) is 1. The number of nitrogens with two attached hydrogens (primary N) is 1. The van der Waals surface area contributed by atoms with Crippen LogP contribution in [0.3, 0.4) is 0 Å². The molecule has 2 N–H and O–H groups in total. The van der Waals surface area contributed by atoms with Crippen molar-refractivity contribution in [1.29, 1.82) is 0 Å². The summed E-state index contributed by atoms with van der Waals surface area (Å²) in [5.74, 6) is 1.53. The standard InChI is InChI=1S/C17H28N2/c1-4-14-8-9-17(18)15(11-14)12-19(3)16-7-5-6-13(2)10-16/h5-7,10,14-15,17H,4,8-9,11-12,18H2,1-3H3. The molecule has 2 rings (SSSR count). The van der Waals surface area contributed by atoms with E-state index in [4.69, 9.17) is 5.73 Å². The Balaban J connectivity index is 1.99. The van der Waals surface area contributed by atoms with E-state index in [0.29, 0.717) is 12.0 Å². The van der Waals surface area contributed by atoms with Gasteiger partial charge in [-0.05, 0) is 55.7 Å². The Kier molecular flexibility index (Phi) is 4.87. The third-order valence-electron chi connectivity index (χ3n) is 4.68. The van der Waals surface area contributed by atoms with E-state index in [1.807, 2.05) is 0 Å². The first-order valence-electron chi connectivity index (χ1n) is 7.63. The lowest BCUT2D eigenvalue weighted by atomic mass is 9.77. The quantitative estimate of drug-likeness (QED) is 0.896. The van der Waals surface area contributed by atoms with Crippen LogP contribution in [0, 0.1) is 18.8 Å². The number of benzene rings is 1. The van der Waals surface area contributed by atoms with Crippen LogP contribution in [0.25, 0.3) is 0 Å². The van der Waals surface area contributed by atoms with E-state index in [1.165, 1.54) is 36.9 Å². The van der Waals surface area contributed by atoms with Crippen molar-refractivity contribution in [3.05, 3.63) is 29.8 Å². The number of hydrogen-bond donors (Lipinski definition) is 1. The summed E-state index contributed by atoms with van der Waals surface area (Å²) in [6.07, 6.45) is 5.12. The lowest BCUT2D eigenvalue weighted by molar-refractivity contribution is 0.232. The van der Waals surface area contributed by atoms with Crippen LogP contribution >= 0.6 is 0 Å². The van der Waals surface area contributed by atoms with Crippen molar-refractivity contribution < 1.29 is 0 Å². The highest BCUT2D eigenvalue weighted by Gasteiger charge is 2.28. The van der Waals surface area contributed by atoms with Gasteiger partial charge >= 0.3 is 0 Å². The number of aryl methyl sites for hydroxylation is 1. The van der Waals surface area contributed by atoms with Gasteiger partial charge in [0.1, 0.15) is 0 Å².